The summed E-state index contributed by atoms with van der Waals surface area (Å²) in [6.07, 6.45) is 3.50. The largest absolute Gasteiger partial charge is 0.261 e. The summed E-state index contributed by atoms with van der Waals surface area (Å²) in [4.78, 5) is 4.31. The van der Waals surface area contributed by atoms with Crippen LogP contribution in [0.1, 0.15) is 5.56 Å². The Labute approximate surface area is 121 Å². The Balaban J connectivity index is 1.81. The van der Waals surface area contributed by atoms with Gasteiger partial charge < -0.3 is 0 Å². The summed E-state index contributed by atoms with van der Waals surface area (Å²) in [6, 6.07) is 17.5. The van der Waals surface area contributed by atoms with E-state index in [-0.39, 0.29) is 0 Å². The standard InChI is InChI=1S/C16H12ClN3/c17-14-7-5-12(6-8-14)11-19-20-16-15-4-2-1-3-13(15)9-10-18-16/h1-11H,(H,18,20). The van der Waals surface area contributed by atoms with Gasteiger partial charge in [0.1, 0.15) is 0 Å². The van der Waals surface area contributed by atoms with Crippen molar-refractivity contribution in [3.8, 4) is 0 Å². The van der Waals surface area contributed by atoms with Crippen LogP contribution in [0.15, 0.2) is 65.9 Å². The molecule has 20 heavy (non-hydrogen) atoms. The van der Waals surface area contributed by atoms with Crippen LogP contribution in [0.4, 0.5) is 5.82 Å². The van der Waals surface area contributed by atoms with Crippen LogP contribution in [-0.2, 0) is 0 Å². The van der Waals surface area contributed by atoms with E-state index in [9.17, 15) is 0 Å². The van der Waals surface area contributed by atoms with E-state index in [1.165, 1.54) is 0 Å². The highest BCUT2D eigenvalue weighted by Crippen LogP contribution is 2.20. The molecule has 1 N–H and O–H groups in total. The highest BCUT2D eigenvalue weighted by molar-refractivity contribution is 6.30. The molecule has 1 heterocycles. The molecule has 0 aliphatic carbocycles. The normalized spacial score (nSPS) is 11.1. The fraction of sp³-hybridized carbons (Fsp3) is 0. The van der Waals surface area contributed by atoms with Crippen LogP contribution >= 0.6 is 11.6 Å². The van der Waals surface area contributed by atoms with Crippen LogP contribution in [0.2, 0.25) is 5.02 Å². The third kappa shape index (κ3) is 2.78. The van der Waals surface area contributed by atoms with Gasteiger partial charge in [-0.15, -0.1) is 0 Å². The van der Waals surface area contributed by atoms with Gasteiger partial charge in [-0.05, 0) is 29.1 Å². The lowest BCUT2D eigenvalue weighted by atomic mass is 10.2. The Kier molecular flexibility index (Phi) is 3.61. The molecule has 0 saturated carbocycles. The number of hydrazone groups is 1. The fourth-order valence-corrected chi connectivity index (χ4v) is 2.05. The number of nitrogens with zero attached hydrogens (tertiary/aromatic N) is 2. The van der Waals surface area contributed by atoms with E-state index in [0.717, 1.165) is 22.2 Å². The Morgan fingerprint density at radius 1 is 1.00 bits per heavy atom. The number of nitrogens with one attached hydrogen (secondary N) is 1. The topological polar surface area (TPSA) is 37.3 Å². The smallest absolute Gasteiger partial charge is 0.154 e. The molecule has 0 radical (unpaired) electrons. The molecule has 3 aromatic rings. The lowest BCUT2D eigenvalue weighted by molar-refractivity contribution is 1.25. The predicted octanol–water partition coefficient (Wildman–Crippen LogP) is 4.33. The lowest BCUT2D eigenvalue weighted by Crippen LogP contribution is -1.94. The minimum absolute atomic E-state index is 0.714. The van der Waals surface area contributed by atoms with Gasteiger partial charge in [0, 0.05) is 16.6 Å². The predicted molar refractivity (Wildman–Crippen MR) is 84.4 cm³/mol. The second-order valence-corrected chi connectivity index (χ2v) is 4.74. The Morgan fingerprint density at radius 3 is 2.65 bits per heavy atom. The average Bonchev–Trinajstić information content (AvgIpc) is 2.49. The first kappa shape index (κ1) is 12.6. The molecule has 2 aromatic carbocycles. The molecule has 0 bridgehead atoms. The maximum atomic E-state index is 5.84. The van der Waals surface area contributed by atoms with Gasteiger partial charge in [-0.25, -0.2) is 4.98 Å². The monoisotopic (exact) mass is 281 g/mol. The van der Waals surface area contributed by atoms with Gasteiger partial charge >= 0.3 is 0 Å². The Hall–Kier alpha value is -2.39. The number of hydrogen-bond acceptors (Lipinski definition) is 3. The summed E-state index contributed by atoms with van der Waals surface area (Å²) in [5, 5.41) is 7.10. The third-order valence-corrected chi connectivity index (χ3v) is 3.18. The number of pyridine rings is 1. The zero-order chi connectivity index (χ0) is 13.8. The summed E-state index contributed by atoms with van der Waals surface area (Å²) >= 11 is 5.84. The van der Waals surface area contributed by atoms with Crippen molar-refractivity contribution in [3.05, 3.63) is 71.4 Å². The van der Waals surface area contributed by atoms with Crippen LogP contribution in [0.3, 0.4) is 0 Å². The minimum atomic E-state index is 0.714. The fourth-order valence-electron chi connectivity index (χ4n) is 1.93. The van der Waals surface area contributed by atoms with Crippen molar-refractivity contribution in [2.24, 2.45) is 5.10 Å². The van der Waals surface area contributed by atoms with Crippen molar-refractivity contribution in [1.29, 1.82) is 0 Å². The van der Waals surface area contributed by atoms with Gasteiger partial charge in [0.15, 0.2) is 5.82 Å². The molecule has 0 aliphatic heterocycles. The SMILES string of the molecule is Clc1ccc(C=NNc2nccc3ccccc23)cc1. The molecular formula is C16H12ClN3. The molecule has 0 aliphatic rings. The van der Waals surface area contributed by atoms with E-state index in [2.05, 4.69) is 15.5 Å². The molecule has 0 amide bonds. The van der Waals surface area contributed by atoms with Gasteiger partial charge in [-0.1, -0.05) is 48.0 Å². The van der Waals surface area contributed by atoms with Gasteiger partial charge in [-0.2, -0.15) is 5.10 Å². The summed E-state index contributed by atoms with van der Waals surface area (Å²) < 4.78 is 0. The number of fused-ring (bicyclic) bond motifs is 1. The Bertz CT molecular complexity index is 746. The van der Waals surface area contributed by atoms with Gasteiger partial charge in [0.05, 0.1) is 6.21 Å². The summed E-state index contributed by atoms with van der Waals surface area (Å²) in [6.45, 7) is 0. The average molecular weight is 282 g/mol. The number of benzene rings is 2. The van der Waals surface area contributed by atoms with Crippen LogP contribution in [0, 0.1) is 0 Å². The van der Waals surface area contributed by atoms with Gasteiger partial charge in [0.2, 0.25) is 0 Å². The van der Waals surface area contributed by atoms with E-state index in [1.54, 1.807) is 12.4 Å². The highest BCUT2D eigenvalue weighted by Gasteiger charge is 1.99. The zero-order valence-electron chi connectivity index (χ0n) is 10.6. The van der Waals surface area contributed by atoms with Crippen molar-refractivity contribution < 1.29 is 0 Å². The van der Waals surface area contributed by atoms with E-state index >= 15 is 0 Å². The second kappa shape index (κ2) is 5.72. The van der Waals surface area contributed by atoms with E-state index < -0.39 is 0 Å². The van der Waals surface area contributed by atoms with Crippen molar-refractivity contribution in [2.75, 3.05) is 5.43 Å². The Morgan fingerprint density at radius 2 is 1.80 bits per heavy atom. The second-order valence-electron chi connectivity index (χ2n) is 4.30. The zero-order valence-corrected chi connectivity index (χ0v) is 11.4. The van der Waals surface area contributed by atoms with E-state index in [4.69, 9.17) is 11.6 Å². The number of hydrogen-bond donors (Lipinski definition) is 1. The van der Waals surface area contributed by atoms with Crippen molar-refractivity contribution in [3.63, 3.8) is 0 Å². The van der Waals surface area contributed by atoms with Crippen LogP contribution in [0.5, 0.6) is 0 Å². The number of aromatic nitrogens is 1. The maximum absolute atomic E-state index is 5.84. The molecule has 3 rings (SSSR count). The van der Waals surface area contributed by atoms with Crippen molar-refractivity contribution >= 4 is 34.4 Å². The van der Waals surface area contributed by atoms with Crippen molar-refractivity contribution in [2.45, 2.75) is 0 Å². The molecule has 0 atom stereocenters. The van der Waals surface area contributed by atoms with E-state index in [0.29, 0.717) is 5.02 Å². The molecule has 0 unspecified atom stereocenters. The van der Waals surface area contributed by atoms with Crippen LogP contribution in [-0.4, -0.2) is 11.2 Å². The summed E-state index contributed by atoms with van der Waals surface area (Å²) in [5.74, 6) is 0.744. The first-order valence-corrected chi connectivity index (χ1v) is 6.59. The number of rotatable bonds is 3. The summed E-state index contributed by atoms with van der Waals surface area (Å²) in [7, 11) is 0. The quantitative estimate of drug-likeness (QED) is 0.573. The highest BCUT2D eigenvalue weighted by atomic mass is 35.5. The van der Waals surface area contributed by atoms with E-state index in [1.807, 2.05) is 54.6 Å². The third-order valence-electron chi connectivity index (χ3n) is 2.93. The molecule has 4 heteroatoms. The number of anilines is 1. The molecule has 3 nitrogen and oxygen atoms in total. The molecule has 98 valence electrons. The van der Waals surface area contributed by atoms with Crippen molar-refractivity contribution in [1.82, 2.24) is 4.98 Å². The summed E-state index contributed by atoms with van der Waals surface area (Å²) in [5.41, 5.74) is 3.95. The number of halogens is 1. The van der Waals surface area contributed by atoms with Gasteiger partial charge in [-0.3, -0.25) is 5.43 Å². The molecule has 0 spiro atoms. The first-order chi connectivity index (χ1) is 9.83. The first-order valence-electron chi connectivity index (χ1n) is 6.21. The van der Waals surface area contributed by atoms with Crippen LogP contribution < -0.4 is 5.43 Å². The van der Waals surface area contributed by atoms with Crippen LogP contribution in [0.25, 0.3) is 10.8 Å². The molecule has 1 aromatic heterocycles. The lowest BCUT2D eigenvalue weighted by Gasteiger charge is -2.03. The molecule has 0 saturated heterocycles. The minimum Gasteiger partial charge on any atom is -0.261 e. The van der Waals surface area contributed by atoms with Gasteiger partial charge in [0.25, 0.3) is 0 Å². The maximum Gasteiger partial charge on any atom is 0.154 e. The molecule has 0 fully saturated rings. The molecular weight excluding hydrogens is 270 g/mol.